The third-order valence-corrected chi connectivity index (χ3v) is 4.25. The molecule has 0 bridgehead atoms. The lowest BCUT2D eigenvalue weighted by Gasteiger charge is -2.15. The van der Waals surface area contributed by atoms with Crippen molar-refractivity contribution >= 4 is 17.7 Å². The van der Waals surface area contributed by atoms with Crippen LogP contribution in [0.5, 0.6) is 0 Å². The van der Waals surface area contributed by atoms with Crippen molar-refractivity contribution in [1.82, 2.24) is 14.8 Å². The molecule has 1 aliphatic heterocycles. The van der Waals surface area contributed by atoms with Crippen LogP contribution >= 0.6 is 11.8 Å². The number of aliphatic carboxylic acids is 1. The monoisotopic (exact) mass is 301 g/mol. The zero-order valence-corrected chi connectivity index (χ0v) is 12.4. The summed E-state index contributed by atoms with van der Waals surface area (Å²) in [5.74, 6) is 0.177. The predicted octanol–water partition coefficient (Wildman–Crippen LogP) is 0.994. The van der Waals surface area contributed by atoms with Gasteiger partial charge in [-0.1, -0.05) is 11.8 Å². The Balaban J connectivity index is 2.19. The van der Waals surface area contributed by atoms with Gasteiger partial charge in [0.1, 0.15) is 5.82 Å². The normalized spacial score (nSPS) is 22.3. The number of hydrogen-bond acceptors (Lipinski definition) is 6. The second kappa shape index (κ2) is 7.05. The standard InChI is InChI=1S/C12H19N3O4S/c1-8-9(3-5-19-8)11-13-14-12(20-7-10(16)17)15(11)4-6-18-2/h8-9H,3-7H2,1-2H3,(H,16,17). The Labute approximate surface area is 121 Å². The average Bonchev–Trinajstić information content (AvgIpc) is 2.99. The first-order valence-corrected chi connectivity index (χ1v) is 7.50. The Kier molecular flexibility index (Phi) is 5.38. The van der Waals surface area contributed by atoms with Gasteiger partial charge in [0.25, 0.3) is 0 Å². The predicted molar refractivity (Wildman–Crippen MR) is 73.0 cm³/mol. The zero-order valence-electron chi connectivity index (χ0n) is 11.6. The van der Waals surface area contributed by atoms with Crippen LogP contribution in [0.25, 0.3) is 0 Å². The number of methoxy groups -OCH3 is 1. The van der Waals surface area contributed by atoms with Crippen molar-refractivity contribution in [1.29, 1.82) is 0 Å². The third-order valence-electron chi connectivity index (χ3n) is 3.30. The van der Waals surface area contributed by atoms with Crippen LogP contribution in [-0.4, -0.2) is 58.0 Å². The second-order valence-corrected chi connectivity index (χ2v) is 5.58. The molecular formula is C12H19N3O4S. The Morgan fingerprint density at radius 1 is 1.60 bits per heavy atom. The number of thioether (sulfide) groups is 1. The molecule has 20 heavy (non-hydrogen) atoms. The van der Waals surface area contributed by atoms with Crippen molar-refractivity contribution in [3.8, 4) is 0 Å². The lowest BCUT2D eigenvalue weighted by atomic mass is 10.0. The van der Waals surface area contributed by atoms with Crippen LogP contribution in [0.2, 0.25) is 0 Å². The van der Waals surface area contributed by atoms with Crippen LogP contribution in [-0.2, 0) is 20.8 Å². The van der Waals surface area contributed by atoms with Crippen molar-refractivity contribution in [3.63, 3.8) is 0 Å². The topological polar surface area (TPSA) is 86.5 Å². The first-order valence-electron chi connectivity index (χ1n) is 6.51. The van der Waals surface area contributed by atoms with E-state index in [4.69, 9.17) is 14.6 Å². The minimum atomic E-state index is -0.865. The average molecular weight is 301 g/mol. The largest absolute Gasteiger partial charge is 0.481 e. The highest BCUT2D eigenvalue weighted by Gasteiger charge is 2.31. The van der Waals surface area contributed by atoms with E-state index in [2.05, 4.69) is 10.2 Å². The van der Waals surface area contributed by atoms with E-state index < -0.39 is 5.97 Å². The van der Waals surface area contributed by atoms with Crippen molar-refractivity contribution < 1.29 is 19.4 Å². The van der Waals surface area contributed by atoms with Crippen LogP contribution < -0.4 is 0 Å². The summed E-state index contributed by atoms with van der Waals surface area (Å²) >= 11 is 1.18. The van der Waals surface area contributed by atoms with Gasteiger partial charge in [0.15, 0.2) is 5.16 Å². The van der Waals surface area contributed by atoms with E-state index >= 15 is 0 Å². The fraction of sp³-hybridized carbons (Fsp3) is 0.750. The maximum Gasteiger partial charge on any atom is 0.313 e. The molecule has 0 radical (unpaired) electrons. The summed E-state index contributed by atoms with van der Waals surface area (Å²) in [5.41, 5.74) is 0. The fourth-order valence-corrected chi connectivity index (χ4v) is 2.96. The Bertz CT molecular complexity index is 466. The van der Waals surface area contributed by atoms with Crippen LogP contribution in [0.15, 0.2) is 5.16 Å². The van der Waals surface area contributed by atoms with Crippen molar-refractivity contribution in [2.24, 2.45) is 0 Å². The van der Waals surface area contributed by atoms with E-state index in [1.165, 1.54) is 11.8 Å². The summed E-state index contributed by atoms with van der Waals surface area (Å²) in [4.78, 5) is 10.7. The molecule has 0 spiro atoms. The molecule has 0 saturated carbocycles. The minimum absolute atomic E-state index is 0.0260. The molecule has 2 rings (SSSR count). The number of carboxylic acid groups (broad SMARTS) is 1. The first kappa shape index (κ1) is 15.3. The van der Waals surface area contributed by atoms with Crippen molar-refractivity contribution in [2.45, 2.75) is 37.1 Å². The SMILES string of the molecule is COCCn1c(SCC(=O)O)nnc1C1CCOC1C. The van der Waals surface area contributed by atoms with Gasteiger partial charge in [-0.2, -0.15) is 0 Å². The van der Waals surface area contributed by atoms with Gasteiger partial charge < -0.3 is 19.1 Å². The molecule has 1 aliphatic rings. The van der Waals surface area contributed by atoms with E-state index in [1.54, 1.807) is 7.11 Å². The molecule has 7 nitrogen and oxygen atoms in total. The maximum atomic E-state index is 10.7. The summed E-state index contributed by atoms with van der Waals surface area (Å²) in [6, 6.07) is 0. The highest BCUT2D eigenvalue weighted by Crippen LogP contribution is 2.31. The van der Waals surface area contributed by atoms with Crippen molar-refractivity contribution in [3.05, 3.63) is 5.82 Å². The number of hydrogen-bond donors (Lipinski definition) is 1. The second-order valence-electron chi connectivity index (χ2n) is 4.64. The summed E-state index contributed by atoms with van der Waals surface area (Å²) in [6.45, 7) is 3.90. The van der Waals surface area contributed by atoms with Crippen LogP contribution in [0.3, 0.4) is 0 Å². The quantitative estimate of drug-likeness (QED) is 0.752. The third kappa shape index (κ3) is 3.50. The van der Waals surface area contributed by atoms with Crippen molar-refractivity contribution in [2.75, 3.05) is 26.1 Å². The molecule has 1 saturated heterocycles. The number of nitrogens with zero attached hydrogens (tertiary/aromatic N) is 3. The zero-order chi connectivity index (χ0) is 14.5. The molecule has 8 heteroatoms. The molecule has 2 unspecified atom stereocenters. The highest BCUT2D eigenvalue weighted by atomic mass is 32.2. The smallest absolute Gasteiger partial charge is 0.313 e. The summed E-state index contributed by atoms with van der Waals surface area (Å²) in [7, 11) is 1.63. The number of ether oxygens (including phenoxy) is 2. The molecule has 0 aromatic carbocycles. The molecule has 112 valence electrons. The van der Waals surface area contributed by atoms with E-state index in [-0.39, 0.29) is 17.8 Å². The number of carbonyl (C=O) groups is 1. The molecule has 1 aromatic rings. The Morgan fingerprint density at radius 2 is 2.40 bits per heavy atom. The minimum Gasteiger partial charge on any atom is -0.481 e. The van der Waals surface area contributed by atoms with E-state index in [9.17, 15) is 4.79 Å². The van der Waals surface area contributed by atoms with Gasteiger partial charge in [0, 0.05) is 26.2 Å². The first-order chi connectivity index (χ1) is 9.63. The molecule has 2 atom stereocenters. The number of rotatable bonds is 7. The van der Waals surface area contributed by atoms with E-state index in [0.29, 0.717) is 18.3 Å². The number of carboxylic acids is 1. The fourth-order valence-electron chi connectivity index (χ4n) is 2.27. The molecule has 1 N–H and O–H groups in total. The molecular weight excluding hydrogens is 282 g/mol. The van der Waals surface area contributed by atoms with Gasteiger partial charge in [-0.3, -0.25) is 4.79 Å². The lowest BCUT2D eigenvalue weighted by molar-refractivity contribution is -0.133. The summed E-state index contributed by atoms with van der Waals surface area (Å²) < 4.78 is 12.6. The van der Waals surface area contributed by atoms with Gasteiger partial charge in [0.05, 0.1) is 18.5 Å². The van der Waals surface area contributed by atoms with E-state index in [0.717, 1.165) is 18.9 Å². The molecule has 1 fully saturated rings. The van der Waals surface area contributed by atoms with E-state index in [1.807, 2.05) is 11.5 Å². The van der Waals surface area contributed by atoms with Crippen LogP contribution in [0.1, 0.15) is 25.1 Å². The van der Waals surface area contributed by atoms with Gasteiger partial charge in [-0.15, -0.1) is 10.2 Å². The summed E-state index contributed by atoms with van der Waals surface area (Å²) in [6.07, 6.45) is 1.02. The lowest BCUT2D eigenvalue weighted by Crippen LogP contribution is -2.17. The van der Waals surface area contributed by atoms with Gasteiger partial charge >= 0.3 is 5.97 Å². The Hall–Kier alpha value is -1.12. The summed E-state index contributed by atoms with van der Waals surface area (Å²) in [5, 5.41) is 17.8. The highest BCUT2D eigenvalue weighted by molar-refractivity contribution is 7.99. The van der Waals surface area contributed by atoms with Crippen LogP contribution in [0.4, 0.5) is 0 Å². The molecule has 1 aromatic heterocycles. The van der Waals surface area contributed by atoms with Gasteiger partial charge in [0.2, 0.25) is 0 Å². The molecule has 0 amide bonds. The Morgan fingerprint density at radius 3 is 3.00 bits per heavy atom. The number of aromatic nitrogens is 3. The van der Waals surface area contributed by atoms with Gasteiger partial charge in [-0.25, -0.2) is 0 Å². The molecule has 0 aliphatic carbocycles. The van der Waals surface area contributed by atoms with Crippen LogP contribution in [0, 0.1) is 0 Å². The van der Waals surface area contributed by atoms with Gasteiger partial charge in [-0.05, 0) is 13.3 Å². The maximum absolute atomic E-state index is 10.7. The molecule has 2 heterocycles.